The van der Waals surface area contributed by atoms with Crippen LogP contribution in [-0.2, 0) is 0 Å². The van der Waals surface area contributed by atoms with Crippen LogP contribution in [0.3, 0.4) is 0 Å². The van der Waals surface area contributed by atoms with E-state index in [9.17, 15) is 0 Å². The molecular weight excluding hydrogens is 252 g/mol. The van der Waals surface area contributed by atoms with Crippen LogP contribution in [-0.4, -0.2) is 47.6 Å². The van der Waals surface area contributed by atoms with Crippen molar-refractivity contribution in [2.24, 2.45) is 5.92 Å². The van der Waals surface area contributed by atoms with Crippen LogP contribution in [0.25, 0.3) is 0 Å². The Kier molecular flexibility index (Phi) is 7.78. The van der Waals surface area contributed by atoms with E-state index in [1.807, 2.05) is 0 Å². The molecule has 0 aromatic carbocycles. The van der Waals surface area contributed by atoms with Crippen LogP contribution in [0, 0.1) is 5.92 Å². The summed E-state index contributed by atoms with van der Waals surface area (Å²) in [6.07, 6.45) is 3.86. The van der Waals surface area contributed by atoms with Crippen molar-refractivity contribution >= 4 is 11.8 Å². The van der Waals surface area contributed by atoms with Crippen molar-refractivity contribution in [3.05, 3.63) is 0 Å². The summed E-state index contributed by atoms with van der Waals surface area (Å²) >= 11 is 2.07. The Bertz CT molecular complexity index is 247. The summed E-state index contributed by atoms with van der Waals surface area (Å²) in [6, 6.07) is 0.684. The van der Waals surface area contributed by atoms with E-state index in [4.69, 9.17) is 0 Å². The summed E-state index contributed by atoms with van der Waals surface area (Å²) < 4.78 is 0. The topological polar surface area (TPSA) is 15.3 Å². The lowest BCUT2D eigenvalue weighted by Gasteiger charge is -2.49. The van der Waals surface area contributed by atoms with Crippen molar-refractivity contribution in [1.29, 1.82) is 0 Å². The van der Waals surface area contributed by atoms with Crippen LogP contribution in [0.4, 0.5) is 0 Å². The van der Waals surface area contributed by atoms with Gasteiger partial charge in [0.05, 0.1) is 0 Å². The van der Waals surface area contributed by atoms with Crippen LogP contribution < -0.4 is 5.32 Å². The van der Waals surface area contributed by atoms with Crippen molar-refractivity contribution in [2.45, 2.75) is 65.5 Å². The first kappa shape index (κ1) is 17.3. The molecule has 0 radical (unpaired) electrons. The summed E-state index contributed by atoms with van der Waals surface area (Å²) in [7, 11) is 0. The fraction of sp³-hybridized carbons (Fsp3) is 1.00. The van der Waals surface area contributed by atoms with Gasteiger partial charge in [0.1, 0.15) is 0 Å². The Balaban J connectivity index is 2.53. The molecule has 0 spiro atoms. The number of thioether (sulfide) groups is 1. The summed E-state index contributed by atoms with van der Waals surface area (Å²) in [5.74, 6) is 3.35. The minimum Gasteiger partial charge on any atom is -0.311 e. The Morgan fingerprint density at radius 3 is 2.68 bits per heavy atom. The lowest BCUT2D eigenvalue weighted by Crippen LogP contribution is -2.64. The smallest absolute Gasteiger partial charge is 0.0303 e. The Morgan fingerprint density at radius 1 is 1.37 bits per heavy atom. The SMILES string of the molecule is CCSCCCN1CC(C(C)CC)NCC1(C)CC. The molecule has 0 aromatic heterocycles. The highest BCUT2D eigenvalue weighted by molar-refractivity contribution is 7.99. The van der Waals surface area contributed by atoms with Gasteiger partial charge in [0, 0.05) is 24.7 Å². The summed E-state index contributed by atoms with van der Waals surface area (Å²) in [4.78, 5) is 2.76. The Labute approximate surface area is 125 Å². The lowest BCUT2D eigenvalue weighted by atomic mass is 9.88. The fourth-order valence-corrected chi connectivity index (χ4v) is 3.48. The van der Waals surface area contributed by atoms with Crippen LogP contribution in [0.1, 0.15) is 53.9 Å². The number of hydrogen-bond donors (Lipinski definition) is 1. The molecule has 1 fully saturated rings. The molecule has 1 aliphatic rings. The van der Waals surface area contributed by atoms with E-state index < -0.39 is 0 Å². The monoisotopic (exact) mass is 286 g/mol. The van der Waals surface area contributed by atoms with Crippen molar-refractivity contribution in [3.63, 3.8) is 0 Å². The van der Waals surface area contributed by atoms with Gasteiger partial charge in [0.25, 0.3) is 0 Å². The molecule has 2 nitrogen and oxygen atoms in total. The van der Waals surface area contributed by atoms with Gasteiger partial charge < -0.3 is 5.32 Å². The zero-order valence-electron chi connectivity index (χ0n) is 13.7. The first-order valence-electron chi connectivity index (χ1n) is 8.13. The third kappa shape index (κ3) is 4.95. The number of hydrogen-bond acceptors (Lipinski definition) is 3. The van der Waals surface area contributed by atoms with Crippen molar-refractivity contribution in [2.75, 3.05) is 31.1 Å². The van der Waals surface area contributed by atoms with Gasteiger partial charge in [0.15, 0.2) is 0 Å². The molecular formula is C16H34N2S. The molecule has 1 saturated heterocycles. The standard InChI is InChI=1S/C16H34N2S/c1-6-14(4)15-12-18(10-9-11-19-8-3)16(5,7-2)13-17-15/h14-15,17H,6-13H2,1-5H3. The molecule has 19 heavy (non-hydrogen) atoms. The van der Waals surface area contributed by atoms with E-state index in [0.717, 1.165) is 12.5 Å². The molecule has 0 aromatic rings. The summed E-state index contributed by atoms with van der Waals surface area (Å²) in [5, 5.41) is 3.80. The van der Waals surface area contributed by atoms with Crippen LogP contribution in [0.5, 0.6) is 0 Å². The van der Waals surface area contributed by atoms with Crippen molar-refractivity contribution in [3.8, 4) is 0 Å². The van der Waals surface area contributed by atoms with Gasteiger partial charge in [-0.05, 0) is 43.7 Å². The molecule has 1 N–H and O–H groups in total. The normalized spacial score (nSPS) is 30.5. The molecule has 0 saturated carbocycles. The lowest BCUT2D eigenvalue weighted by molar-refractivity contribution is 0.0367. The largest absolute Gasteiger partial charge is 0.311 e. The van der Waals surface area contributed by atoms with E-state index in [1.165, 1.54) is 43.9 Å². The highest BCUT2D eigenvalue weighted by Crippen LogP contribution is 2.26. The van der Waals surface area contributed by atoms with Crippen LogP contribution in [0.2, 0.25) is 0 Å². The average Bonchev–Trinajstić information content (AvgIpc) is 2.44. The second-order valence-corrected chi connectivity index (χ2v) is 7.61. The first-order chi connectivity index (χ1) is 9.07. The van der Waals surface area contributed by atoms with Crippen LogP contribution >= 0.6 is 11.8 Å². The zero-order valence-corrected chi connectivity index (χ0v) is 14.5. The zero-order chi connectivity index (χ0) is 14.3. The highest BCUT2D eigenvalue weighted by atomic mass is 32.2. The van der Waals surface area contributed by atoms with Gasteiger partial charge >= 0.3 is 0 Å². The van der Waals surface area contributed by atoms with Gasteiger partial charge in [-0.2, -0.15) is 11.8 Å². The average molecular weight is 287 g/mol. The van der Waals surface area contributed by atoms with E-state index in [1.54, 1.807) is 0 Å². The third-order valence-corrected chi connectivity index (χ3v) is 5.92. The molecule has 114 valence electrons. The molecule has 0 aliphatic carbocycles. The molecule has 0 amide bonds. The number of piperazine rings is 1. The van der Waals surface area contributed by atoms with Crippen molar-refractivity contribution < 1.29 is 0 Å². The third-order valence-electron chi connectivity index (χ3n) is 4.94. The van der Waals surface area contributed by atoms with Gasteiger partial charge in [-0.1, -0.05) is 34.1 Å². The number of nitrogens with zero attached hydrogens (tertiary/aromatic N) is 1. The minimum absolute atomic E-state index is 0.362. The Hall–Kier alpha value is 0.270. The second-order valence-electron chi connectivity index (χ2n) is 6.22. The molecule has 1 heterocycles. The van der Waals surface area contributed by atoms with Crippen molar-refractivity contribution in [1.82, 2.24) is 10.2 Å². The summed E-state index contributed by atoms with van der Waals surface area (Å²) in [5.41, 5.74) is 0.362. The molecule has 1 aliphatic heterocycles. The van der Waals surface area contributed by atoms with Gasteiger partial charge in [0.2, 0.25) is 0 Å². The fourth-order valence-electron chi connectivity index (χ4n) is 2.86. The maximum absolute atomic E-state index is 3.80. The molecule has 3 unspecified atom stereocenters. The summed E-state index contributed by atoms with van der Waals surface area (Å²) in [6.45, 7) is 15.4. The number of nitrogens with one attached hydrogen (secondary N) is 1. The molecule has 3 atom stereocenters. The van der Waals surface area contributed by atoms with Gasteiger partial charge in [-0.15, -0.1) is 0 Å². The second kappa shape index (κ2) is 8.53. The predicted octanol–water partition coefficient (Wildman–Crippen LogP) is 3.62. The highest BCUT2D eigenvalue weighted by Gasteiger charge is 2.36. The predicted molar refractivity (Wildman–Crippen MR) is 89.1 cm³/mol. The maximum Gasteiger partial charge on any atom is 0.0303 e. The first-order valence-corrected chi connectivity index (χ1v) is 9.29. The Morgan fingerprint density at radius 2 is 2.11 bits per heavy atom. The number of rotatable bonds is 8. The molecule has 0 bridgehead atoms. The molecule has 3 heteroatoms. The van der Waals surface area contributed by atoms with E-state index >= 15 is 0 Å². The van der Waals surface area contributed by atoms with Crippen LogP contribution in [0.15, 0.2) is 0 Å². The quantitative estimate of drug-likeness (QED) is 0.686. The van der Waals surface area contributed by atoms with Gasteiger partial charge in [-0.3, -0.25) is 4.90 Å². The van der Waals surface area contributed by atoms with E-state index in [2.05, 4.69) is 56.6 Å². The van der Waals surface area contributed by atoms with E-state index in [0.29, 0.717) is 11.6 Å². The molecule has 1 rings (SSSR count). The maximum atomic E-state index is 3.80. The minimum atomic E-state index is 0.362. The van der Waals surface area contributed by atoms with E-state index in [-0.39, 0.29) is 0 Å². The van der Waals surface area contributed by atoms with Gasteiger partial charge in [-0.25, -0.2) is 0 Å².